The third-order valence-electron chi connectivity index (χ3n) is 6.05. The maximum atomic E-state index is 11.6. The van der Waals surface area contributed by atoms with Gasteiger partial charge in [-0.2, -0.15) is 0 Å². The number of phenols is 1. The first kappa shape index (κ1) is 25.4. The van der Waals surface area contributed by atoms with Crippen molar-refractivity contribution in [2.24, 2.45) is 5.73 Å². The van der Waals surface area contributed by atoms with Gasteiger partial charge in [-0.1, -0.05) is 30.3 Å². The van der Waals surface area contributed by atoms with Gasteiger partial charge in [-0.05, 0) is 86.3 Å². The molecule has 3 aromatic carbocycles. The summed E-state index contributed by atoms with van der Waals surface area (Å²) >= 11 is 0. The van der Waals surface area contributed by atoms with E-state index in [2.05, 4.69) is 64.1 Å². The van der Waals surface area contributed by atoms with E-state index >= 15 is 0 Å². The Morgan fingerprint density at radius 3 is 2.19 bits per heavy atom. The molecule has 4 aromatic rings. The number of benzene rings is 3. The SMILES string of the molecule is CC(C)(N)Cc1ccc(Nc2ccc(CCNC[C@H](O)c3ccc(O)c4[nH]c(=O)ccc34)cc2)cc1. The van der Waals surface area contributed by atoms with Gasteiger partial charge in [0.05, 0.1) is 11.6 Å². The molecule has 7 N–H and O–H groups in total. The van der Waals surface area contributed by atoms with Crippen molar-refractivity contribution >= 4 is 22.3 Å². The number of H-pyrrole nitrogens is 1. The Bertz CT molecular complexity index is 1360. The summed E-state index contributed by atoms with van der Waals surface area (Å²) in [6, 6.07) is 22.8. The van der Waals surface area contributed by atoms with Gasteiger partial charge in [-0.25, -0.2) is 0 Å². The molecule has 1 heterocycles. The standard InChI is InChI=1S/C29H34N4O3/c1-29(2,30)17-20-5-9-22(10-6-20)32-21-7-3-19(4-8-21)15-16-31-18-26(35)23-11-13-25(34)28-24(23)12-14-27(36)33-28/h3-14,26,31-32,34-35H,15-18,30H2,1-2H3,(H,33,36)/t26-/m0/s1. The fourth-order valence-corrected chi connectivity index (χ4v) is 4.28. The smallest absolute Gasteiger partial charge is 0.248 e. The van der Waals surface area contributed by atoms with E-state index in [1.165, 1.54) is 23.3 Å². The second-order valence-corrected chi connectivity index (χ2v) is 9.94. The van der Waals surface area contributed by atoms with Crippen LogP contribution in [0.15, 0.2) is 77.6 Å². The summed E-state index contributed by atoms with van der Waals surface area (Å²) in [5.74, 6) is -0.0165. The summed E-state index contributed by atoms with van der Waals surface area (Å²) in [7, 11) is 0. The van der Waals surface area contributed by atoms with E-state index < -0.39 is 6.10 Å². The van der Waals surface area contributed by atoms with Crippen LogP contribution in [0.2, 0.25) is 0 Å². The number of aromatic hydroxyl groups is 1. The van der Waals surface area contributed by atoms with Crippen molar-refractivity contribution in [3.63, 3.8) is 0 Å². The molecule has 0 fully saturated rings. The molecular formula is C29H34N4O3. The zero-order valence-corrected chi connectivity index (χ0v) is 20.7. The summed E-state index contributed by atoms with van der Waals surface area (Å²) in [4.78, 5) is 14.2. The average Bonchev–Trinajstić information content (AvgIpc) is 2.83. The number of nitrogens with two attached hydrogens (primary N) is 1. The second-order valence-electron chi connectivity index (χ2n) is 9.94. The van der Waals surface area contributed by atoms with Crippen molar-refractivity contribution < 1.29 is 10.2 Å². The molecule has 1 atom stereocenters. The predicted molar refractivity (Wildman–Crippen MR) is 146 cm³/mol. The van der Waals surface area contributed by atoms with Crippen LogP contribution in [0.25, 0.3) is 10.9 Å². The summed E-state index contributed by atoms with van der Waals surface area (Å²) < 4.78 is 0. The van der Waals surface area contributed by atoms with Crippen molar-refractivity contribution in [2.45, 2.75) is 38.3 Å². The molecule has 0 aliphatic heterocycles. The van der Waals surface area contributed by atoms with Crippen LogP contribution in [-0.4, -0.2) is 33.8 Å². The van der Waals surface area contributed by atoms with Gasteiger partial charge < -0.3 is 31.6 Å². The fourth-order valence-electron chi connectivity index (χ4n) is 4.28. The number of nitrogens with one attached hydrogen (secondary N) is 3. The fraction of sp³-hybridized carbons (Fsp3) is 0.276. The minimum atomic E-state index is -0.770. The molecule has 1 aromatic heterocycles. The van der Waals surface area contributed by atoms with Gasteiger partial charge in [0.25, 0.3) is 0 Å². The molecule has 0 aliphatic carbocycles. The third-order valence-corrected chi connectivity index (χ3v) is 6.05. The van der Waals surface area contributed by atoms with Gasteiger partial charge in [-0.3, -0.25) is 4.79 Å². The normalized spacial score (nSPS) is 12.6. The predicted octanol–water partition coefficient (Wildman–Crippen LogP) is 4.12. The van der Waals surface area contributed by atoms with Gasteiger partial charge in [0.15, 0.2) is 0 Å². The van der Waals surface area contributed by atoms with Crippen LogP contribution in [0.1, 0.15) is 36.6 Å². The highest BCUT2D eigenvalue weighted by atomic mass is 16.3. The van der Waals surface area contributed by atoms with Crippen LogP contribution in [-0.2, 0) is 12.8 Å². The summed E-state index contributed by atoms with van der Waals surface area (Å²) in [5, 5.41) is 28.0. The van der Waals surface area contributed by atoms with Gasteiger partial charge in [0.2, 0.25) is 5.56 Å². The lowest BCUT2D eigenvalue weighted by atomic mass is 9.96. The van der Waals surface area contributed by atoms with E-state index in [0.717, 1.165) is 24.2 Å². The lowest BCUT2D eigenvalue weighted by Gasteiger charge is -2.18. The van der Waals surface area contributed by atoms with Crippen LogP contribution in [0.5, 0.6) is 5.75 Å². The Morgan fingerprint density at radius 2 is 1.56 bits per heavy atom. The topological polar surface area (TPSA) is 123 Å². The number of fused-ring (bicyclic) bond motifs is 1. The number of pyridine rings is 1. The lowest BCUT2D eigenvalue weighted by Crippen LogP contribution is -2.34. The zero-order valence-electron chi connectivity index (χ0n) is 20.7. The number of hydrogen-bond donors (Lipinski definition) is 6. The number of hydrogen-bond acceptors (Lipinski definition) is 6. The van der Waals surface area contributed by atoms with Crippen molar-refractivity contribution in [3.8, 4) is 5.75 Å². The van der Waals surface area contributed by atoms with E-state index in [9.17, 15) is 15.0 Å². The monoisotopic (exact) mass is 486 g/mol. The van der Waals surface area contributed by atoms with Crippen molar-refractivity contribution in [2.75, 3.05) is 18.4 Å². The summed E-state index contributed by atoms with van der Waals surface area (Å²) in [6.45, 7) is 5.12. The molecule has 0 saturated heterocycles. The molecule has 188 valence electrons. The molecular weight excluding hydrogens is 452 g/mol. The number of aromatic amines is 1. The van der Waals surface area contributed by atoms with Crippen LogP contribution in [0.3, 0.4) is 0 Å². The zero-order chi connectivity index (χ0) is 25.7. The summed E-state index contributed by atoms with van der Waals surface area (Å²) in [5.41, 5.74) is 11.0. The van der Waals surface area contributed by atoms with Crippen molar-refractivity contribution in [3.05, 3.63) is 99.8 Å². The Balaban J connectivity index is 1.26. The number of phenolic OH excluding ortho intramolecular Hbond substituents is 1. The number of aromatic nitrogens is 1. The minimum Gasteiger partial charge on any atom is -0.506 e. The first-order valence-corrected chi connectivity index (χ1v) is 12.2. The Labute approximate surface area is 211 Å². The molecule has 0 unspecified atom stereocenters. The number of aliphatic hydroxyl groups excluding tert-OH is 1. The molecule has 0 radical (unpaired) electrons. The first-order chi connectivity index (χ1) is 17.2. The lowest BCUT2D eigenvalue weighted by molar-refractivity contribution is 0.176. The highest BCUT2D eigenvalue weighted by Gasteiger charge is 2.14. The van der Waals surface area contributed by atoms with Crippen LogP contribution in [0.4, 0.5) is 11.4 Å². The quantitative estimate of drug-likeness (QED) is 0.187. The summed E-state index contributed by atoms with van der Waals surface area (Å²) in [6.07, 6.45) is 0.882. The molecule has 0 amide bonds. The Kier molecular flexibility index (Phi) is 7.74. The highest BCUT2D eigenvalue weighted by molar-refractivity contribution is 5.87. The van der Waals surface area contributed by atoms with E-state index in [-0.39, 0.29) is 16.8 Å². The van der Waals surface area contributed by atoms with Crippen LogP contribution < -0.4 is 21.9 Å². The van der Waals surface area contributed by atoms with E-state index in [4.69, 9.17) is 5.73 Å². The van der Waals surface area contributed by atoms with E-state index in [0.29, 0.717) is 29.6 Å². The molecule has 36 heavy (non-hydrogen) atoms. The molecule has 0 aliphatic rings. The van der Waals surface area contributed by atoms with Gasteiger partial charge in [0, 0.05) is 34.9 Å². The molecule has 0 spiro atoms. The maximum absolute atomic E-state index is 11.6. The largest absolute Gasteiger partial charge is 0.506 e. The Morgan fingerprint density at radius 1 is 0.917 bits per heavy atom. The first-order valence-electron chi connectivity index (χ1n) is 12.2. The van der Waals surface area contributed by atoms with Crippen molar-refractivity contribution in [1.82, 2.24) is 10.3 Å². The van der Waals surface area contributed by atoms with Crippen molar-refractivity contribution in [1.29, 1.82) is 0 Å². The van der Waals surface area contributed by atoms with E-state index in [1.807, 2.05) is 13.8 Å². The van der Waals surface area contributed by atoms with Gasteiger partial charge >= 0.3 is 0 Å². The molecule has 0 saturated carbocycles. The minimum absolute atomic E-state index is 0.0165. The molecule has 7 nitrogen and oxygen atoms in total. The van der Waals surface area contributed by atoms with E-state index in [1.54, 1.807) is 12.1 Å². The maximum Gasteiger partial charge on any atom is 0.248 e. The molecule has 7 heteroatoms. The molecule has 0 bridgehead atoms. The number of anilines is 2. The average molecular weight is 487 g/mol. The number of aliphatic hydroxyl groups is 1. The second kappa shape index (κ2) is 11.0. The van der Waals surface area contributed by atoms with Gasteiger partial charge in [0.1, 0.15) is 5.75 Å². The van der Waals surface area contributed by atoms with Crippen LogP contribution in [0, 0.1) is 0 Å². The Hall–Kier alpha value is -3.65. The highest BCUT2D eigenvalue weighted by Crippen LogP contribution is 2.28. The van der Waals surface area contributed by atoms with Gasteiger partial charge in [-0.15, -0.1) is 0 Å². The van der Waals surface area contributed by atoms with Crippen LogP contribution >= 0.6 is 0 Å². The number of rotatable bonds is 10. The molecule has 4 rings (SSSR count). The third kappa shape index (κ3) is 6.73.